The fourth-order valence-corrected chi connectivity index (χ4v) is 4.63. The van der Waals surface area contributed by atoms with Crippen molar-refractivity contribution in [3.05, 3.63) is 64.0 Å². The average Bonchev–Trinajstić information content (AvgIpc) is 3.09. The highest BCUT2D eigenvalue weighted by atomic mass is 32.1. The number of rotatable bonds is 6. The van der Waals surface area contributed by atoms with Crippen molar-refractivity contribution >= 4 is 21.4 Å². The van der Waals surface area contributed by atoms with Crippen LogP contribution in [0.5, 0.6) is 5.75 Å². The van der Waals surface area contributed by atoms with Gasteiger partial charge in [0.2, 0.25) is 0 Å². The minimum absolute atomic E-state index is 0.0389. The zero-order valence-corrected chi connectivity index (χ0v) is 17.6. The standard InChI is InChI=1S/C22H18F6O3S/c1-2-29-12-3-5-14-18(9-12)32-21(19(14)25)22(27,28)31-13-4-6-17(30-10-13)11-7-15(23)20(26)16(24)8-11/h3,5,7-9,13,17H,2,4,6,10H2,1H3. The third-order valence-corrected chi connectivity index (χ3v) is 6.28. The summed E-state index contributed by atoms with van der Waals surface area (Å²) < 4.78 is 100. The summed E-state index contributed by atoms with van der Waals surface area (Å²) >= 11 is 0.572. The lowest BCUT2D eigenvalue weighted by Gasteiger charge is -2.31. The van der Waals surface area contributed by atoms with Gasteiger partial charge in [-0.1, -0.05) is 0 Å². The molecule has 4 rings (SSSR count). The number of hydrogen-bond acceptors (Lipinski definition) is 4. The van der Waals surface area contributed by atoms with Crippen LogP contribution < -0.4 is 4.74 Å². The van der Waals surface area contributed by atoms with E-state index in [2.05, 4.69) is 0 Å². The van der Waals surface area contributed by atoms with Gasteiger partial charge in [0.1, 0.15) is 10.6 Å². The maximum atomic E-state index is 14.8. The Morgan fingerprint density at radius 3 is 2.38 bits per heavy atom. The van der Waals surface area contributed by atoms with Crippen molar-refractivity contribution in [3.8, 4) is 5.75 Å². The molecule has 0 radical (unpaired) electrons. The van der Waals surface area contributed by atoms with Gasteiger partial charge in [-0.2, -0.15) is 8.78 Å². The van der Waals surface area contributed by atoms with E-state index in [0.29, 0.717) is 28.4 Å². The predicted octanol–water partition coefficient (Wildman–Crippen LogP) is 6.84. The molecule has 2 atom stereocenters. The van der Waals surface area contributed by atoms with E-state index in [4.69, 9.17) is 14.2 Å². The molecule has 172 valence electrons. The van der Waals surface area contributed by atoms with Crippen molar-refractivity contribution in [1.29, 1.82) is 0 Å². The van der Waals surface area contributed by atoms with Gasteiger partial charge in [0.25, 0.3) is 0 Å². The minimum Gasteiger partial charge on any atom is -0.494 e. The van der Waals surface area contributed by atoms with Gasteiger partial charge in [0.05, 0.1) is 25.4 Å². The zero-order valence-electron chi connectivity index (χ0n) is 16.8. The van der Waals surface area contributed by atoms with Gasteiger partial charge in [0.15, 0.2) is 23.3 Å². The third kappa shape index (κ3) is 4.44. The highest BCUT2D eigenvalue weighted by molar-refractivity contribution is 7.19. The number of halogens is 6. The van der Waals surface area contributed by atoms with E-state index in [9.17, 15) is 26.3 Å². The molecule has 2 heterocycles. The van der Waals surface area contributed by atoms with Crippen LogP contribution in [0.15, 0.2) is 30.3 Å². The van der Waals surface area contributed by atoms with Crippen molar-refractivity contribution < 1.29 is 40.6 Å². The van der Waals surface area contributed by atoms with E-state index in [1.165, 1.54) is 18.2 Å². The smallest absolute Gasteiger partial charge is 0.395 e. The summed E-state index contributed by atoms with van der Waals surface area (Å²) in [7, 11) is 0. The van der Waals surface area contributed by atoms with Crippen LogP contribution in [0.3, 0.4) is 0 Å². The Labute approximate surface area is 183 Å². The molecule has 0 spiro atoms. The molecule has 1 saturated heterocycles. The maximum absolute atomic E-state index is 14.8. The molecule has 1 aliphatic heterocycles. The Bertz CT molecular complexity index is 1100. The quantitative estimate of drug-likeness (QED) is 0.288. The summed E-state index contributed by atoms with van der Waals surface area (Å²) in [5, 5.41) is 0.0389. The second-order valence-electron chi connectivity index (χ2n) is 7.29. The molecule has 0 aliphatic carbocycles. The fourth-order valence-electron chi connectivity index (χ4n) is 3.60. The molecule has 0 N–H and O–H groups in total. The van der Waals surface area contributed by atoms with Crippen LogP contribution in [-0.2, 0) is 15.6 Å². The van der Waals surface area contributed by atoms with Crippen molar-refractivity contribution in [2.75, 3.05) is 13.2 Å². The van der Waals surface area contributed by atoms with Crippen LogP contribution in [0.1, 0.15) is 36.3 Å². The number of benzene rings is 2. The molecule has 32 heavy (non-hydrogen) atoms. The number of hydrogen-bond donors (Lipinski definition) is 0. The Morgan fingerprint density at radius 1 is 1.03 bits per heavy atom. The first-order chi connectivity index (χ1) is 15.2. The van der Waals surface area contributed by atoms with Gasteiger partial charge < -0.3 is 14.2 Å². The summed E-state index contributed by atoms with van der Waals surface area (Å²) in [6.45, 7) is 1.85. The van der Waals surface area contributed by atoms with Crippen LogP contribution in [0.4, 0.5) is 26.3 Å². The lowest BCUT2D eigenvalue weighted by molar-refractivity contribution is -0.288. The maximum Gasteiger partial charge on any atom is 0.395 e. The molecule has 10 heteroatoms. The molecule has 1 fully saturated rings. The Hall–Kier alpha value is -2.30. The van der Waals surface area contributed by atoms with E-state index in [1.54, 1.807) is 6.92 Å². The monoisotopic (exact) mass is 476 g/mol. The summed E-state index contributed by atoms with van der Waals surface area (Å²) in [5.74, 6) is -4.94. The molecule has 3 nitrogen and oxygen atoms in total. The highest BCUT2D eigenvalue weighted by Gasteiger charge is 2.42. The molecule has 3 aromatic rings. The van der Waals surface area contributed by atoms with Gasteiger partial charge in [-0.15, -0.1) is 11.3 Å². The summed E-state index contributed by atoms with van der Waals surface area (Å²) in [6.07, 6.45) is -5.60. The topological polar surface area (TPSA) is 27.7 Å². The first-order valence-electron chi connectivity index (χ1n) is 9.86. The molecular formula is C22H18F6O3S. The van der Waals surface area contributed by atoms with Crippen LogP contribution in [0, 0.1) is 23.3 Å². The normalized spacial score (nSPS) is 19.5. The van der Waals surface area contributed by atoms with Crippen molar-refractivity contribution in [1.82, 2.24) is 0 Å². The van der Waals surface area contributed by atoms with E-state index in [1.807, 2.05) is 0 Å². The number of alkyl halides is 2. The van der Waals surface area contributed by atoms with E-state index in [0.717, 1.165) is 12.1 Å². The lowest BCUT2D eigenvalue weighted by Crippen LogP contribution is -2.33. The number of fused-ring (bicyclic) bond motifs is 1. The molecule has 0 saturated carbocycles. The van der Waals surface area contributed by atoms with Crippen molar-refractivity contribution in [2.24, 2.45) is 0 Å². The fraction of sp³-hybridized carbons (Fsp3) is 0.364. The Kier molecular flexibility index (Phi) is 6.37. The highest BCUT2D eigenvalue weighted by Crippen LogP contribution is 2.43. The summed E-state index contributed by atoms with van der Waals surface area (Å²) in [6, 6.07) is 5.98. The van der Waals surface area contributed by atoms with Crippen molar-refractivity contribution in [3.63, 3.8) is 0 Å². The van der Waals surface area contributed by atoms with E-state index in [-0.39, 0.29) is 30.4 Å². The molecule has 0 amide bonds. The van der Waals surface area contributed by atoms with Crippen molar-refractivity contribution in [2.45, 2.75) is 38.1 Å². The SMILES string of the molecule is CCOc1ccc2c(F)c(C(F)(F)OC3CCC(c4cc(F)c(F)c(F)c4)OC3)sc2c1. The largest absolute Gasteiger partial charge is 0.494 e. The molecule has 1 aliphatic rings. The zero-order chi connectivity index (χ0) is 23.0. The van der Waals surface area contributed by atoms with Gasteiger partial charge >= 0.3 is 6.11 Å². The molecule has 1 aromatic heterocycles. The summed E-state index contributed by atoms with van der Waals surface area (Å²) in [5.41, 5.74) is 0.0623. The predicted molar refractivity (Wildman–Crippen MR) is 106 cm³/mol. The van der Waals surface area contributed by atoms with Crippen LogP contribution >= 0.6 is 11.3 Å². The second kappa shape index (κ2) is 8.92. The van der Waals surface area contributed by atoms with E-state index >= 15 is 0 Å². The molecule has 2 unspecified atom stereocenters. The average molecular weight is 476 g/mol. The first-order valence-corrected chi connectivity index (χ1v) is 10.7. The Morgan fingerprint density at radius 2 is 1.75 bits per heavy atom. The second-order valence-corrected chi connectivity index (χ2v) is 8.34. The lowest BCUT2D eigenvalue weighted by atomic mass is 9.99. The molecular weight excluding hydrogens is 458 g/mol. The molecule has 0 bridgehead atoms. The number of ether oxygens (including phenoxy) is 3. The van der Waals surface area contributed by atoms with Crippen LogP contribution in [0.2, 0.25) is 0 Å². The van der Waals surface area contributed by atoms with E-state index < -0.39 is 46.5 Å². The minimum atomic E-state index is -3.91. The first kappa shape index (κ1) is 22.9. The summed E-state index contributed by atoms with van der Waals surface area (Å²) in [4.78, 5) is -0.856. The van der Waals surface area contributed by atoms with Gasteiger partial charge in [-0.05, 0) is 55.7 Å². The van der Waals surface area contributed by atoms with Gasteiger partial charge in [0, 0.05) is 10.1 Å². The number of thiophene rings is 1. The molecule has 2 aromatic carbocycles. The van der Waals surface area contributed by atoms with Crippen LogP contribution in [-0.4, -0.2) is 19.3 Å². The Balaban J connectivity index is 1.46. The van der Waals surface area contributed by atoms with Gasteiger partial charge in [-0.25, -0.2) is 17.6 Å². The third-order valence-electron chi connectivity index (χ3n) is 5.10. The van der Waals surface area contributed by atoms with Gasteiger partial charge in [-0.3, -0.25) is 0 Å². The van der Waals surface area contributed by atoms with Crippen LogP contribution in [0.25, 0.3) is 10.1 Å².